The van der Waals surface area contributed by atoms with Gasteiger partial charge in [-0.1, -0.05) is 0 Å². The molecule has 1 aromatic heterocycles. The Balaban J connectivity index is 2.00. The average molecular weight is 287 g/mol. The number of nitrogens with zero attached hydrogens (tertiary/aromatic N) is 3. The molecule has 1 fully saturated rings. The van der Waals surface area contributed by atoms with Gasteiger partial charge in [0.2, 0.25) is 10.0 Å². The predicted molar refractivity (Wildman–Crippen MR) is 68.3 cm³/mol. The smallest absolute Gasteiger partial charge is 0.356 e. The predicted octanol–water partition coefficient (Wildman–Crippen LogP) is 0.253. The molecule has 0 radical (unpaired) electrons. The molecule has 1 N–H and O–H groups in total. The Morgan fingerprint density at radius 2 is 2.32 bits per heavy atom. The van der Waals surface area contributed by atoms with E-state index in [0.717, 1.165) is 12.8 Å². The molecular formula is C11H17N3O4S. The molecule has 1 atom stereocenters. The topological polar surface area (TPSA) is 92.5 Å². The lowest BCUT2D eigenvalue weighted by atomic mass is 10.00. The fourth-order valence-corrected chi connectivity index (χ4v) is 3.29. The average Bonchev–Trinajstić information content (AvgIpc) is 2.77. The van der Waals surface area contributed by atoms with Gasteiger partial charge in [0.05, 0.1) is 12.6 Å². The fourth-order valence-electron chi connectivity index (χ4n) is 2.35. The van der Waals surface area contributed by atoms with Crippen LogP contribution < -0.4 is 0 Å². The van der Waals surface area contributed by atoms with E-state index in [2.05, 4.69) is 4.98 Å². The van der Waals surface area contributed by atoms with Crippen LogP contribution in [0.1, 0.15) is 23.3 Å². The van der Waals surface area contributed by atoms with Crippen LogP contribution >= 0.6 is 0 Å². The maximum Gasteiger partial charge on any atom is 0.356 e. The van der Waals surface area contributed by atoms with Gasteiger partial charge < -0.3 is 9.67 Å². The number of carbonyl (C=O) groups is 1. The number of aromatic carboxylic acids is 1. The minimum atomic E-state index is -3.14. The summed E-state index contributed by atoms with van der Waals surface area (Å²) < 4.78 is 26.2. The molecule has 7 nitrogen and oxygen atoms in total. The Kier molecular flexibility index (Phi) is 3.91. The van der Waals surface area contributed by atoms with E-state index >= 15 is 0 Å². The number of rotatable bonds is 4. The second kappa shape index (κ2) is 5.30. The third-order valence-corrected chi connectivity index (χ3v) is 4.54. The van der Waals surface area contributed by atoms with Crippen LogP contribution in [-0.2, 0) is 16.6 Å². The molecular weight excluding hydrogens is 270 g/mol. The molecule has 1 aliphatic heterocycles. The summed E-state index contributed by atoms with van der Waals surface area (Å²) in [6.07, 6.45) is 5.94. The maximum atomic E-state index is 11.5. The number of imidazole rings is 1. The lowest BCUT2D eigenvalue weighted by Gasteiger charge is -2.30. The van der Waals surface area contributed by atoms with E-state index in [1.807, 2.05) is 0 Å². The van der Waals surface area contributed by atoms with Gasteiger partial charge in [0.25, 0.3) is 0 Å². The maximum absolute atomic E-state index is 11.5. The summed E-state index contributed by atoms with van der Waals surface area (Å²) in [7, 11) is -3.14. The van der Waals surface area contributed by atoms with Crippen molar-refractivity contribution in [3.63, 3.8) is 0 Å². The van der Waals surface area contributed by atoms with Gasteiger partial charge in [-0.2, -0.15) is 0 Å². The summed E-state index contributed by atoms with van der Waals surface area (Å²) in [6.45, 7) is 1.64. The van der Waals surface area contributed by atoms with Gasteiger partial charge in [-0.25, -0.2) is 22.5 Å². The summed E-state index contributed by atoms with van der Waals surface area (Å²) in [5, 5.41) is 8.79. The van der Waals surface area contributed by atoms with Crippen LogP contribution in [-0.4, -0.2) is 52.7 Å². The second-order valence-electron chi connectivity index (χ2n) is 4.89. The van der Waals surface area contributed by atoms with Gasteiger partial charge in [-0.3, -0.25) is 0 Å². The molecule has 0 spiro atoms. The Bertz CT molecular complexity index is 566. The highest BCUT2D eigenvalue weighted by molar-refractivity contribution is 7.88. The summed E-state index contributed by atoms with van der Waals surface area (Å²) in [5.41, 5.74) is 0.00998. The number of piperidine rings is 1. The number of hydrogen-bond acceptors (Lipinski definition) is 4. The molecule has 0 bridgehead atoms. The SMILES string of the molecule is CS(=O)(=O)N1CCCC(Cn2cnc(C(=O)O)c2)C1. The van der Waals surface area contributed by atoms with E-state index in [0.29, 0.717) is 19.6 Å². The molecule has 1 aliphatic rings. The summed E-state index contributed by atoms with van der Waals surface area (Å²) in [4.78, 5) is 14.5. The minimum absolute atomic E-state index is 0.00998. The molecule has 106 valence electrons. The van der Waals surface area contributed by atoms with Crippen molar-refractivity contribution in [2.75, 3.05) is 19.3 Å². The van der Waals surface area contributed by atoms with Crippen LogP contribution in [0.3, 0.4) is 0 Å². The third kappa shape index (κ3) is 3.54. The van der Waals surface area contributed by atoms with Crippen LogP contribution in [0.5, 0.6) is 0 Å². The van der Waals surface area contributed by atoms with Crippen molar-refractivity contribution in [1.82, 2.24) is 13.9 Å². The van der Waals surface area contributed by atoms with Crippen molar-refractivity contribution >= 4 is 16.0 Å². The molecule has 8 heteroatoms. The molecule has 1 unspecified atom stereocenters. The monoisotopic (exact) mass is 287 g/mol. The Morgan fingerprint density at radius 1 is 1.58 bits per heavy atom. The highest BCUT2D eigenvalue weighted by Crippen LogP contribution is 2.20. The number of sulfonamides is 1. The lowest BCUT2D eigenvalue weighted by molar-refractivity contribution is 0.0691. The quantitative estimate of drug-likeness (QED) is 0.857. The van der Waals surface area contributed by atoms with E-state index in [-0.39, 0.29) is 11.6 Å². The Labute approximate surface area is 111 Å². The molecule has 2 rings (SSSR count). The van der Waals surface area contributed by atoms with Crippen molar-refractivity contribution < 1.29 is 18.3 Å². The minimum Gasteiger partial charge on any atom is -0.476 e. The van der Waals surface area contributed by atoms with E-state index in [9.17, 15) is 13.2 Å². The molecule has 0 aromatic carbocycles. The number of carboxylic acids is 1. The van der Waals surface area contributed by atoms with Gasteiger partial charge in [0.1, 0.15) is 0 Å². The van der Waals surface area contributed by atoms with Crippen LogP contribution in [0.25, 0.3) is 0 Å². The Morgan fingerprint density at radius 3 is 2.89 bits per heavy atom. The van der Waals surface area contributed by atoms with Crippen LogP contribution in [0.4, 0.5) is 0 Å². The Hall–Kier alpha value is -1.41. The first-order valence-electron chi connectivity index (χ1n) is 6.06. The molecule has 1 saturated heterocycles. The zero-order valence-corrected chi connectivity index (χ0v) is 11.5. The van der Waals surface area contributed by atoms with Gasteiger partial charge in [-0.05, 0) is 18.8 Å². The molecule has 0 amide bonds. The van der Waals surface area contributed by atoms with Crippen molar-refractivity contribution in [2.24, 2.45) is 5.92 Å². The van der Waals surface area contributed by atoms with Crippen molar-refractivity contribution in [2.45, 2.75) is 19.4 Å². The fraction of sp³-hybridized carbons (Fsp3) is 0.636. The second-order valence-corrected chi connectivity index (χ2v) is 6.87. The molecule has 19 heavy (non-hydrogen) atoms. The zero-order chi connectivity index (χ0) is 14.0. The van der Waals surface area contributed by atoms with E-state index in [1.54, 1.807) is 4.57 Å². The molecule has 0 aliphatic carbocycles. The van der Waals surface area contributed by atoms with Crippen LogP contribution in [0.15, 0.2) is 12.5 Å². The van der Waals surface area contributed by atoms with Gasteiger partial charge >= 0.3 is 5.97 Å². The first-order chi connectivity index (χ1) is 8.86. The van der Waals surface area contributed by atoms with Crippen molar-refractivity contribution in [1.29, 1.82) is 0 Å². The standard InChI is InChI=1S/C11H17N3O4S/c1-19(17,18)14-4-2-3-9(6-14)5-13-7-10(11(15)16)12-8-13/h7-9H,2-6H2,1H3,(H,15,16). The van der Waals surface area contributed by atoms with E-state index < -0.39 is 16.0 Å². The third-order valence-electron chi connectivity index (χ3n) is 3.27. The van der Waals surface area contributed by atoms with Crippen LogP contribution in [0, 0.1) is 5.92 Å². The number of carboxylic acid groups (broad SMARTS) is 1. The number of hydrogen-bond donors (Lipinski definition) is 1. The summed E-state index contributed by atoms with van der Waals surface area (Å²) in [5.74, 6) is -0.862. The zero-order valence-electron chi connectivity index (χ0n) is 10.7. The van der Waals surface area contributed by atoms with Crippen LogP contribution in [0.2, 0.25) is 0 Å². The largest absolute Gasteiger partial charge is 0.476 e. The van der Waals surface area contributed by atoms with E-state index in [1.165, 1.54) is 23.1 Å². The summed E-state index contributed by atoms with van der Waals surface area (Å²) >= 11 is 0. The van der Waals surface area contributed by atoms with E-state index in [4.69, 9.17) is 5.11 Å². The van der Waals surface area contributed by atoms with Gasteiger partial charge in [-0.15, -0.1) is 0 Å². The number of aromatic nitrogens is 2. The lowest BCUT2D eigenvalue weighted by Crippen LogP contribution is -2.40. The molecule has 0 saturated carbocycles. The van der Waals surface area contributed by atoms with Crippen molar-refractivity contribution in [3.05, 3.63) is 18.2 Å². The first-order valence-corrected chi connectivity index (χ1v) is 7.91. The van der Waals surface area contributed by atoms with Crippen molar-refractivity contribution in [3.8, 4) is 0 Å². The highest BCUT2D eigenvalue weighted by atomic mass is 32.2. The first kappa shape index (κ1) is 14.0. The summed E-state index contributed by atoms with van der Waals surface area (Å²) in [6, 6.07) is 0. The molecule has 1 aromatic rings. The molecule has 2 heterocycles. The normalized spacial score (nSPS) is 21.4. The van der Waals surface area contributed by atoms with Gasteiger partial charge in [0, 0.05) is 25.8 Å². The highest BCUT2D eigenvalue weighted by Gasteiger charge is 2.26. The van der Waals surface area contributed by atoms with Gasteiger partial charge in [0.15, 0.2) is 5.69 Å².